The Kier molecular flexibility index (Phi) is 3.91. The molecule has 1 aliphatic rings. The molecule has 1 aromatic rings. The minimum absolute atomic E-state index is 0.139. The van der Waals surface area contributed by atoms with Crippen LogP contribution in [0.1, 0.15) is 6.42 Å². The van der Waals surface area contributed by atoms with Gasteiger partial charge in [-0.15, -0.1) is 10.2 Å². The van der Waals surface area contributed by atoms with Crippen molar-refractivity contribution in [2.45, 2.75) is 6.42 Å². The highest BCUT2D eigenvalue weighted by molar-refractivity contribution is 8.13. The van der Waals surface area contributed by atoms with Gasteiger partial charge in [0.05, 0.1) is 12.9 Å². The van der Waals surface area contributed by atoms with Crippen LogP contribution in [0.15, 0.2) is 12.1 Å². The lowest BCUT2D eigenvalue weighted by Gasteiger charge is -2.14. The van der Waals surface area contributed by atoms with E-state index in [1.54, 1.807) is 12.1 Å². The topological polar surface area (TPSA) is 89.5 Å². The second-order valence-corrected chi connectivity index (χ2v) is 7.04. The molecule has 1 unspecified atom stereocenters. The Labute approximate surface area is 114 Å². The highest BCUT2D eigenvalue weighted by Gasteiger charge is 2.33. The first-order valence-corrected chi connectivity index (χ1v) is 7.97. The Bertz CT molecular complexity index is 575. The van der Waals surface area contributed by atoms with Crippen LogP contribution in [0.5, 0.6) is 5.88 Å². The van der Waals surface area contributed by atoms with Crippen LogP contribution in [0.3, 0.4) is 0 Å². The fourth-order valence-electron chi connectivity index (χ4n) is 1.96. The molecule has 2 rings (SSSR count). The van der Waals surface area contributed by atoms with Crippen LogP contribution < -0.4 is 9.64 Å². The van der Waals surface area contributed by atoms with Crippen molar-refractivity contribution >= 4 is 31.5 Å². The normalized spacial score (nSPS) is 19.8. The van der Waals surface area contributed by atoms with E-state index >= 15 is 0 Å². The van der Waals surface area contributed by atoms with Crippen molar-refractivity contribution in [3.05, 3.63) is 12.1 Å². The van der Waals surface area contributed by atoms with Gasteiger partial charge in [-0.2, -0.15) is 0 Å². The Morgan fingerprint density at radius 1 is 1.47 bits per heavy atom. The number of carbonyl (C=O) groups excluding carboxylic acids is 1. The van der Waals surface area contributed by atoms with Crippen molar-refractivity contribution in [1.82, 2.24) is 10.2 Å². The molecule has 0 saturated carbocycles. The summed E-state index contributed by atoms with van der Waals surface area (Å²) in [6.07, 6.45) is 0.139. The number of ether oxygens (including phenoxy) is 1. The maximum Gasteiger partial charge on any atom is 0.233 e. The highest BCUT2D eigenvalue weighted by Crippen LogP contribution is 2.25. The molecule has 1 aliphatic heterocycles. The van der Waals surface area contributed by atoms with Crippen LogP contribution in [-0.4, -0.2) is 43.9 Å². The number of hydrogen-bond donors (Lipinski definition) is 0. The van der Waals surface area contributed by atoms with Gasteiger partial charge in [0.25, 0.3) is 0 Å². The smallest absolute Gasteiger partial charge is 0.233 e. The van der Waals surface area contributed by atoms with Gasteiger partial charge in [-0.3, -0.25) is 9.69 Å². The van der Waals surface area contributed by atoms with Crippen molar-refractivity contribution in [2.75, 3.05) is 24.3 Å². The van der Waals surface area contributed by atoms with E-state index in [1.165, 1.54) is 12.0 Å². The van der Waals surface area contributed by atoms with E-state index in [0.717, 1.165) is 0 Å². The average molecular weight is 306 g/mol. The van der Waals surface area contributed by atoms with E-state index in [1.807, 2.05) is 0 Å². The highest BCUT2D eigenvalue weighted by atomic mass is 35.7. The predicted molar refractivity (Wildman–Crippen MR) is 68.7 cm³/mol. The zero-order valence-electron chi connectivity index (χ0n) is 10.1. The van der Waals surface area contributed by atoms with Crippen LogP contribution in [0, 0.1) is 5.92 Å². The van der Waals surface area contributed by atoms with Crippen molar-refractivity contribution < 1.29 is 17.9 Å². The Morgan fingerprint density at radius 2 is 2.21 bits per heavy atom. The molecule has 19 heavy (non-hydrogen) atoms. The largest absolute Gasteiger partial charge is 0.480 e. The molecule has 0 N–H and O–H groups in total. The van der Waals surface area contributed by atoms with Crippen molar-refractivity contribution in [2.24, 2.45) is 5.92 Å². The van der Waals surface area contributed by atoms with E-state index in [-0.39, 0.29) is 30.5 Å². The van der Waals surface area contributed by atoms with Crippen molar-refractivity contribution in [3.8, 4) is 5.88 Å². The summed E-state index contributed by atoms with van der Waals surface area (Å²) in [7, 11) is 3.05. The van der Waals surface area contributed by atoms with E-state index in [2.05, 4.69) is 10.2 Å². The van der Waals surface area contributed by atoms with Gasteiger partial charge in [-0.1, -0.05) is 0 Å². The van der Waals surface area contributed by atoms with Gasteiger partial charge >= 0.3 is 0 Å². The monoisotopic (exact) mass is 305 g/mol. The first kappa shape index (κ1) is 14.0. The molecule has 0 aromatic carbocycles. The van der Waals surface area contributed by atoms with Gasteiger partial charge in [-0.25, -0.2) is 8.42 Å². The number of halogens is 1. The zero-order valence-corrected chi connectivity index (χ0v) is 11.7. The quantitative estimate of drug-likeness (QED) is 0.748. The van der Waals surface area contributed by atoms with Gasteiger partial charge in [0.15, 0.2) is 5.82 Å². The minimum Gasteiger partial charge on any atom is -0.480 e. The first-order chi connectivity index (χ1) is 8.89. The Hall–Kier alpha value is -1.41. The number of carbonyl (C=O) groups is 1. The molecule has 2 heterocycles. The summed E-state index contributed by atoms with van der Waals surface area (Å²) in [4.78, 5) is 13.2. The van der Waals surface area contributed by atoms with Crippen LogP contribution in [0.2, 0.25) is 0 Å². The molecular weight excluding hydrogens is 294 g/mol. The van der Waals surface area contributed by atoms with E-state index in [4.69, 9.17) is 15.4 Å². The van der Waals surface area contributed by atoms with Crippen LogP contribution in [0.25, 0.3) is 0 Å². The number of nitrogens with zero attached hydrogens (tertiary/aromatic N) is 3. The summed E-state index contributed by atoms with van der Waals surface area (Å²) in [5, 5.41) is 7.63. The van der Waals surface area contributed by atoms with E-state index < -0.39 is 9.05 Å². The van der Waals surface area contributed by atoms with Crippen molar-refractivity contribution in [3.63, 3.8) is 0 Å². The second-order valence-electron chi connectivity index (χ2n) is 4.21. The minimum atomic E-state index is -3.61. The van der Waals surface area contributed by atoms with Crippen LogP contribution in [-0.2, 0) is 13.8 Å². The van der Waals surface area contributed by atoms with Gasteiger partial charge in [-0.05, 0) is 6.07 Å². The molecule has 0 bridgehead atoms. The molecule has 1 aromatic heterocycles. The molecule has 0 aliphatic carbocycles. The fraction of sp³-hybridized carbons (Fsp3) is 0.500. The lowest BCUT2D eigenvalue weighted by atomic mass is 10.1. The summed E-state index contributed by atoms with van der Waals surface area (Å²) in [5.74, 6) is -0.0142. The SMILES string of the molecule is COc1ccc(N2CC(CS(=O)(=O)Cl)CC2=O)nn1. The Balaban J connectivity index is 2.11. The van der Waals surface area contributed by atoms with Gasteiger partial charge in [0.2, 0.25) is 20.8 Å². The van der Waals surface area contributed by atoms with Crippen LogP contribution in [0.4, 0.5) is 5.82 Å². The average Bonchev–Trinajstić information content (AvgIpc) is 2.68. The number of amides is 1. The first-order valence-electron chi connectivity index (χ1n) is 5.49. The third-order valence-corrected chi connectivity index (χ3v) is 4.00. The van der Waals surface area contributed by atoms with E-state index in [9.17, 15) is 13.2 Å². The van der Waals surface area contributed by atoms with Crippen LogP contribution >= 0.6 is 10.7 Å². The number of aromatic nitrogens is 2. The molecule has 104 valence electrons. The molecule has 1 fully saturated rings. The summed E-state index contributed by atoms with van der Waals surface area (Å²) >= 11 is 0. The lowest BCUT2D eigenvalue weighted by molar-refractivity contribution is -0.117. The summed E-state index contributed by atoms with van der Waals surface area (Å²) in [5.41, 5.74) is 0. The maximum absolute atomic E-state index is 11.8. The lowest BCUT2D eigenvalue weighted by Crippen LogP contribution is -2.26. The fourth-order valence-corrected chi connectivity index (χ4v) is 3.28. The molecule has 1 atom stereocenters. The number of anilines is 1. The van der Waals surface area contributed by atoms with Gasteiger partial charge < -0.3 is 4.74 Å². The third-order valence-electron chi connectivity index (χ3n) is 2.75. The maximum atomic E-state index is 11.8. The Morgan fingerprint density at radius 3 is 2.74 bits per heavy atom. The zero-order chi connectivity index (χ0) is 14.0. The number of hydrogen-bond acceptors (Lipinski definition) is 6. The number of rotatable bonds is 4. The van der Waals surface area contributed by atoms with Gasteiger partial charge in [0, 0.05) is 35.6 Å². The van der Waals surface area contributed by atoms with Crippen molar-refractivity contribution in [1.29, 1.82) is 0 Å². The molecule has 0 radical (unpaired) electrons. The standard InChI is InChI=1S/C10H12ClN3O4S/c1-18-9-3-2-8(12-13-9)14-5-7(4-10(14)15)6-19(11,16)17/h2-3,7H,4-6H2,1H3. The molecular formula is C10H12ClN3O4S. The molecule has 1 amide bonds. The van der Waals surface area contributed by atoms with Gasteiger partial charge in [0.1, 0.15) is 0 Å². The molecule has 7 nitrogen and oxygen atoms in total. The molecule has 9 heteroatoms. The molecule has 1 saturated heterocycles. The molecule has 0 spiro atoms. The summed E-state index contributed by atoms with van der Waals surface area (Å²) < 4.78 is 26.9. The third kappa shape index (κ3) is 3.54. The summed E-state index contributed by atoms with van der Waals surface area (Å²) in [6.45, 7) is 0.270. The predicted octanol–water partition coefficient (Wildman–Crippen LogP) is 0.407. The second kappa shape index (κ2) is 5.30. The summed E-state index contributed by atoms with van der Waals surface area (Å²) in [6, 6.07) is 3.18. The van der Waals surface area contributed by atoms with E-state index in [0.29, 0.717) is 11.7 Å². The number of methoxy groups -OCH3 is 1.